The zero-order valence-corrected chi connectivity index (χ0v) is 12.4. The molecule has 0 atom stereocenters. The smallest absolute Gasteiger partial charge is 0.410 e. The lowest BCUT2D eigenvalue weighted by Crippen LogP contribution is -2.60. The Morgan fingerprint density at radius 1 is 1.37 bits per heavy atom. The monoisotopic (exact) mass is 291 g/mol. The van der Waals surface area contributed by atoms with Crippen LogP contribution < -0.4 is 0 Å². The molecule has 6 nitrogen and oxygen atoms in total. The van der Waals surface area contributed by atoms with Gasteiger partial charge in [-0.2, -0.15) is 0 Å². The van der Waals surface area contributed by atoms with Crippen molar-refractivity contribution in [1.29, 1.82) is 0 Å². The molecule has 0 bridgehead atoms. The molecule has 1 N–H and O–H groups in total. The van der Waals surface area contributed by atoms with Gasteiger partial charge >= 0.3 is 6.09 Å². The van der Waals surface area contributed by atoms with Gasteiger partial charge in [-0.3, -0.25) is 0 Å². The van der Waals surface area contributed by atoms with Gasteiger partial charge in [0.15, 0.2) is 9.84 Å². The Bertz CT molecular complexity index is 469. The van der Waals surface area contributed by atoms with E-state index in [-0.39, 0.29) is 19.7 Å². The minimum absolute atomic E-state index is 0.166. The normalized spacial score (nSPS) is 22.8. The number of hydrogen-bond acceptors (Lipinski definition) is 5. The van der Waals surface area contributed by atoms with Crippen molar-refractivity contribution in [2.45, 2.75) is 49.2 Å². The summed E-state index contributed by atoms with van der Waals surface area (Å²) in [5.41, 5.74) is -0.580. The van der Waals surface area contributed by atoms with Crippen LogP contribution in [0.1, 0.15) is 33.6 Å². The molecule has 0 aromatic carbocycles. The summed E-state index contributed by atoms with van der Waals surface area (Å²) in [5.74, 6) is 0. The summed E-state index contributed by atoms with van der Waals surface area (Å²) in [6.45, 7) is 5.31. The molecule has 2 aliphatic rings. The standard InChI is InChI=1S/C12H21NO5S/c1-11(2,3)18-10(15)13-6-9(7-13)19(16,17)12(8-14)4-5-12/h9,14H,4-8H2,1-3H3. The van der Waals surface area contributed by atoms with Crippen LogP contribution in [0.4, 0.5) is 4.79 Å². The third-order valence-corrected chi connectivity index (χ3v) is 6.56. The zero-order valence-electron chi connectivity index (χ0n) is 11.5. The van der Waals surface area contributed by atoms with E-state index >= 15 is 0 Å². The maximum Gasteiger partial charge on any atom is 0.410 e. The van der Waals surface area contributed by atoms with E-state index in [1.54, 1.807) is 20.8 Å². The Labute approximate surface area is 113 Å². The van der Waals surface area contributed by atoms with E-state index in [0.29, 0.717) is 12.8 Å². The first kappa shape index (κ1) is 14.6. The van der Waals surface area contributed by atoms with E-state index in [1.165, 1.54) is 4.90 Å². The van der Waals surface area contributed by atoms with Crippen molar-refractivity contribution < 1.29 is 23.1 Å². The first-order chi connectivity index (χ1) is 8.61. The molecule has 7 heteroatoms. The molecule has 1 amide bonds. The number of ether oxygens (including phenoxy) is 1. The molecule has 2 fully saturated rings. The number of hydrogen-bond donors (Lipinski definition) is 1. The molecular formula is C12H21NO5S. The Hall–Kier alpha value is -0.820. The van der Waals surface area contributed by atoms with Crippen molar-refractivity contribution >= 4 is 15.9 Å². The molecule has 0 aromatic rings. The molecule has 1 saturated carbocycles. The van der Waals surface area contributed by atoms with Crippen molar-refractivity contribution in [3.8, 4) is 0 Å². The number of aliphatic hydroxyl groups excluding tert-OH is 1. The minimum Gasteiger partial charge on any atom is -0.444 e. The molecule has 110 valence electrons. The summed E-state index contributed by atoms with van der Waals surface area (Å²) in [7, 11) is -3.35. The number of rotatable bonds is 3. The molecule has 19 heavy (non-hydrogen) atoms. The lowest BCUT2D eigenvalue weighted by molar-refractivity contribution is 0.0138. The predicted molar refractivity (Wildman–Crippen MR) is 69.6 cm³/mol. The van der Waals surface area contributed by atoms with Gasteiger partial charge in [0.1, 0.15) is 5.60 Å². The first-order valence-corrected chi connectivity index (χ1v) is 7.98. The Morgan fingerprint density at radius 2 is 1.89 bits per heavy atom. The summed E-state index contributed by atoms with van der Waals surface area (Å²) in [6, 6.07) is 0. The van der Waals surface area contributed by atoms with E-state index in [4.69, 9.17) is 4.74 Å². The molecule has 1 heterocycles. The molecular weight excluding hydrogens is 270 g/mol. The largest absolute Gasteiger partial charge is 0.444 e. The van der Waals surface area contributed by atoms with Crippen molar-refractivity contribution in [3.05, 3.63) is 0 Å². The van der Waals surface area contributed by atoms with Gasteiger partial charge in [0.2, 0.25) is 0 Å². The van der Waals surface area contributed by atoms with Crippen molar-refractivity contribution in [2.75, 3.05) is 19.7 Å². The summed E-state index contributed by atoms with van der Waals surface area (Å²) in [5, 5.41) is 8.64. The molecule has 2 rings (SSSR count). The molecule has 0 unspecified atom stereocenters. The number of carbonyl (C=O) groups excluding carboxylic acids is 1. The van der Waals surface area contributed by atoms with E-state index in [2.05, 4.69) is 0 Å². The topological polar surface area (TPSA) is 83.9 Å². The van der Waals surface area contributed by atoms with Gasteiger partial charge in [-0.1, -0.05) is 0 Å². The number of amides is 1. The summed E-state index contributed by atoms with van der Waals surface area (Å²) in [6.07, 6.45) is 0.566. The highest BCUT2D eigenvalue weighted by atomic mass is 32.2. The molecule has 1 aliphatic carbocycles. The minimum atomic E-state index is -3.35. The summed E-state index contributed by atoms with van der Waals surface area (Å²) in [4.78, 5) is 13.1. The van der Waals surface area contributed by atoms with Crippen LogP contribution >= 0.6 is 0 Å². The molecule has 1 aliphatic heterocycles. The van der Waals surface area contributed by atoms with Gasteiger partial charge in [0.25, 0.3) is 0 Å². The van der Waals surface area contributed by atoms with Crippen LogP contribution in [0, 0.1) is 0 Å². The van der Waals surface area contributed by atoms with Crippen LogP contribution in [0.15, 0.2) is 0 Å². The van der Waals surface area contributed by atoms with Gasteiger partial charge in [-0.25, -0.2) is 13.2 Å². The van der Waals surface area contributed by atoms with Crippen LogP contribution in [-0.2, 0) is 14.6 Å². The predicted octanol–water partition coefficient (Wildman–Crippen LogP) is 0.545. The maximum atomic E-state index is 12.2. The third-order valence-electron chi connectivity index (χ3n) is 3.64. The quantitative estimate of drug-likeness (QED) is 0.820. The van der Waals surface area contributed by atoms with Gasteiger partial charge in [0, 0.05) is 13.1 Å². The number of nitrogens with zero attached hydrogens (tertiary/aromatic N) is 1. The summed E-state index contributed by atoms with van der Waals surface area (Å²) >= 11 is 0. The second-order valence-electron chi connectivity index (χ2n) is 6.39. The van der Waals surface area contributed by atoms with E-state index < -0.39 is 31.5 Å². The second-order valence-corrected chi connectivity index (χ2v) is 9.02. The Balaban J connectivity index is 1.92. The Kier molecular flexibility index (Phi) is 3.33. The average Bonchev–Trinajstić information content (AvgIpc) is 2.91. The lowest BCUT2D eigenvalue weighted by atomic mass is 10.2. The SMILES string of the molecule is CC(C)(C)OC(=O)N1CC(S(=O)(=O)C2(CO)CC2)C1. The van der Waals surface area contributed by atoms with Crippen molar-refractivity contribution in [1.82, 2.24) is 4.90 Å². The van der Waals surface area contributed by atoms with Crippen LogP contribution in [-0.4, -0.2) is 59.8 Å². The second kappa shape index (κ2) is 4.34. The van der Waals surface area contributed by atoms with Gasteiger partial charge in [-0.15, -0.1) is 0 Å². The Morgan fingerprint density at radius 3 is 2.26 bits per heavy atom. The van der Waals surface area contributed by atoms with Gasteiger partial charge < -0.3 is 14.7 Å². The summed E-state index contributed by atoms with van der Waals surface area (Å²) < 4.78 is 28.7. The molecule has 0 spiro atoms. The van der Waals surface area contributed by atoms with Crippen molar-refractivity contribution in [3.63, 3.8) is 0 Å². The van der Waals surface area contributed by atoms with Gasteiger partial charge in [0.05, 0.1) is 16.6 Å². The average molecular weight is 291 g/mol. The number of carbonyl (C=O) groups is 1. The highest BCUT2D eigenvalue weighted by Crippen LogP contribution is 2.46. The van der Waals surface area contributed by atoms with Crippen molar-refractivity contribution in [2.24, 2.45) is 0 Å². The number of sulfone groups is 1. The lowest BCUT2D eigenvalue weighted by Gasteiger charge is -2.40. The fourth-order valence-electron chi connectivity index (χ4n) is 2.14. The molecule has 1 saturated heterocycles. The fourth-order valence-corrected chi connectivity index (χ4v) is 4.45. The molecule has 0 radical (unpaired) electrons. The number of likely N-dealkylation sites (tertiary alicyclic amines) is 1. The van der Waals surface area contributed by atoms with Crippen LogP contribution in [0.3, 0.4) is 0 Å². The van der Waals surface area contributed by atoms with Crippen LogP contribution in [0.5, 0.6) is 0 Å². The van der Waals surface area contributed by atoms with E-state index in [0.717, 1.165) is 0 Å². The zero-order chi connectivity index (χ0) is 14.5. The fraction of sp³-hybridized carbons (Fsp3) is 0.917. The van der Waals surface area contributed by atoms with Gasteiger partial charge in [-0.05, 0) is 33.6 Å². The highest BCUT2D eigenvalue weighted by Gasteiger charge is 2.59. The third kappa shape index (κ3) is 2.58. The van der Waals surface area contributed by atoms with Crippen LogP contribution in [0.2, 0.25) is 0 Å². The maximum absolute atomic E-state index is 12.2. The number of aliphatic hydroxyl groups is 1. The van der Waals surface area contributed by atoms with E-state index in [1.807, 2.05) is 0 Å². The first-order valence-electron chi connectivity index (χ1n) is 6.43. The highest BCUT2D eigenvalue weighted by molar-refractivity contribution is 7.93. The van der Waals surface area contributed by atoms with E-state index in [9.17, 15) is 18.3 Å². The molecule has 0 aromatic heterocycles. The van der Waals surface area contributed by atoms with Crippen LogP contribution in [0.25, 0.3) is 0 Å².